The van der Waals surface area contributed by atoms with E-state index in [1.165, 1.54) is 38.8 Å². The number of esters is 1. The normalized spacial score (nSPS) is 11.6. The number of carbonyl (C=O) groups excluding carboxylic acids is 2. The third kappa shape index (κ3) is 5.48. The predicted molar refractivity (Wildman–Crippen MR) is 104 cm³/mol. The van der Waals surface area contributed by atoms with Crippen molar-refractivity contribution in [3.8, 4) is 11.5 Å². The minimum Gasteiger partial charge on any atom is -0.497 e. The van der Waals surface area contributed by atoms with E-state index in [1.807, 2.05) is 24.3 Å². The SMILES string of the molecule is COc1cc(OC)cc(C(=O)O[C@H](C)C(=O)Nc2ccc(C(C)C)cc2)c1. The van der Waals surface area contributed by atoms with Crippen molar-refractivity contribution in [2.24, 2.45) is 0 Å². The number of hydrogen-bond donors (Lipinski definition) is 1. The Bertz CT molecular complexity index is 776. The van der Waals surface area contributed by atoms with Gasteiger partial charge in [0.1, 0.15) is 11.5 Å². The Kier molecular flexibility index (Phi) is 6.82. The van der Waals surface area contributed by atoms with Crippen LogP contribution in [0.2, 0.25) is 0 Å². The van der Waals surface area contributed by atoms with E-state index < -0.39 is 18.0 Å². The van der Waals surface area contributed by atoms with E-state index in [2.05, 4.69) is 19.2 Å². The van der Waals surface area contributed by atoms with E-state index in [-0.39, 0.29) is 5.56 Å². The Hall–Kier alpha value is -3.02. The van der Waals surface area contributed by atoms with E-state index >= 15 is 0 Å². The van der Waals surface area contributed by atoms with Gasteiger partial charge in [-0.3, -0.25) is 4.79 Å². The van der Waals surface area contributed by atoms with Crippen molar-refractivity contribution in [2.45, 2.75) is 32.8 Å². The molecule has 6 heteroatoms. The summed E-state index contributed by atoms with van der Waals surface area (Å²) in [7, 11) is 2.98. The van der Waals surface area contributed by atoms with Gasteiger partial charge in [-0.15, -0.1) is 0 Å². The Balaban J connectivity index is 2.02. The molecule has 1 atom stereocenters. The molecule has 0 spiro atoms. The Morgan fingerprint density at radius 1 is 0.889 bits per heavy atom. The summed E-state index contributed by atoms with van der Waals surface area (Å²) in [6.07, 6.45) is -0.959. The van der Waals surface area contributed by atoms with E-state index in [0.717, 1.165) is 0 Å². The van der Waals surface area contributed by atoms with Crippen molar-refractivity contribution < 1.29 is 23.8 Å². The molecule has 0 fully saturated rings. The van der Waals surface area contributed by atoms with Gasteiger partial charge in [-0.25, -0.2) is 4.79 Å². The minimum atomic E-state index is -0.959. The molecule has 0 aromatic heterocycles. The van der Waals surface area contributed by atoms with Crippen LogP contribution in [0.15, 0.2) is 42.5 Å². The lowest BCUT2D eigenvalue weighted by atomic mass is 10.0. The number of benzene rings is 2. The molecule has 0 aliphatic carbocycles. The van der Waals surface area contributed by atoms with Crippen LogP contribution in [0, 0.1) is 0 Å². The highest BCUT2D eigenvalue weighted by molar-refractivity contribution is 5.97. The monoisotopic (exact) mass is 371 g/mol. The lowest BCUT2D eigenvalue weighted by molar-refractivity contribution is -0.123. The van der Waals surface area contributed by atoms with Gasteiger partial charge in [-0.2, -0.15) is 0 Å². The van der Waals surface area contributed by atoms with Gasteiger partial charge in [0.25, 0.3) is 5.91 Å². The summed E-state index contributed by atoms with van der Waals surface area (Å²) in [5, 5.41) is 2.74. The fraction of sp³-hybridized carbons (Fsp3) is 0.333. The van der Waals surface area contributed by atoms with Crippen molar-refractivity contribution in [3.63, 3.8) is 0 Å². The van der Waals surface area contributed by atoms with Crippen molar-refractivity contribution in [1.29, 1.82) is 0 Å². The van der Waals surface area contributed by atoms with Gasteiger partial charge in [-0.05, 0) is 42.7 Å². The molecule has 2 aromatic rings. The Labute approximate surface area is 159 Å². The second-order valence-electron chi connectivity index (χ2n) is 6.41. The van der Waals surface area contributed by atoms with E-state index in [9.17, 15) is 9.59 Å². The highest BCUT2D eigenvalue weighted by Crippen LogP contribution is 2.23. The number of rotatable bonds is 7. The molecule has 2 aromatic carbocycles. The van der Waals surface area contributed by atoms with Crippen LogP contribution in [0.1, 0.15) is 42.6 Å². The maximum atomic E-state index is 12.4. The first-order valence-corrected chi connectivity index (χ1v) is 8.69. The van der Waals surface area contributed by atoms with Crippen LogP contribution in [-0.4, -0.2) is 32.2 Å². The van der Waals surface area contributed by atoms with Crippen molar-refractivity contribution in [1.82, 2.24) is 0 Å². The summed E-state index contributed by atoms with van der Waals surface area (Å²) >= 11 is 0. The zero-order valence-electron chi connectivity index (χ0n) is 16.2. The first-order chi connectivity index (χ1) is 12.8. The zero-order chi connectivity index (χ0) is 20.0. The quantitative estimate of drug-likeness (QED) is 0.745. The molecule has 0 radical (unpaired) electrons. The number of amides is 1. The minimum absolute atomic E-state index is 0.243. The number of anilines is 1. The van der Waals surface area contributed by atoms with Gasteiger partial charge < -0.3 is 19.5 Å². The highest BCUT2D eigenvalue weighted by Gasteiger charge is 2.20. The molecular weight excluding hydrogens is 346 g/mol. The van der Waals surface area contributed by atoms with Gasteiger partial charge in [-0.1, -0.05) is 26.0 Å². The summed E-state index contributed by atoms with van der Waals surface area (Å²) in [6.45, 7) is 5.72. The maximum absolute atomic E-state index is 12.4. The molecular formula is C21H25NO5. The van der Waals surface area contributed by atoms with Gasteiger partial charge in [0.05, 0.1) is 19.8 Å². The fourth-order valence-electron chi connectivity index (χ4n) is 2.40. The van der Waals surface area contributed by atoms with Gasteiger partial charge in [0.15, 0.2) is 6.10 Å². The topological polar surface area (TPSA) is 73.9 Å². The number of hydrogen-bond acceptors (Lipinski definition) is 5. The summed E-state index contributed by atoms with van der Waals surface area (Å²) in [6, 6.07) is 12.3. The third-order valence-electron chi connectivity index (χ3n) is 4.09. The van der Waals surface area contributed by atoms with Crippen LogP contribution in [0.3, 0.4) is 0 Å². The van der Waals surface area contributed by atoms with Gasteiger partial charge >= 0.3 is 5.97 Å². The van der Waals surface area contributed by atoms with Crippen LogP contribution >= 0.6 is 0 Å². The third-order valence-corrected chi connectivity index (χ3v) is 4.09. The van der Waals surface area contributed by atoms with Gasteiger partial charge in [0.2, 0.25) is 0 Å². The molecule has 6 nitrogen and oxygen atoms in total. The van der Waals surface area contributed by atoms with Crippen molar-refractivity contribution in [3.05, 3.63) is 53.6 Å². The molecule has 0 aliphatic heterocycles. The van der Waals surface area contributed by atoms with Crippen molar-refractivity contribution >= 4 is 17.6 Å². The van der Waals surface area contributed by atoms with Crippen LogP contribution in [0.4, 0.5) is 5.69 Å². The van der Waals surface area contributed by atoms with E-state index in [1.54, 1.807) is 6.07 Å². The summed E-state index contributed by atoms with van der Waals surface area (Å²) in [5.74, 6) is 0.294. The lowest BCUT2D eigenvalue weighted by Crippen LogP contribution is -2.30. The maximum Gasteiger partial charge on any atom is 0.339 e. The molecule has 1 N–H and O–H groups in total. The zero-order valence-corrected chi connectivity index (χ0v) is 16.2. The molecule has 0 saturated heterocycles. The smallest absolute Gasteiger partial charge is 0.339 e. The first-order valence-electron chi connectivity index (χ1n) is 8.69. The molecule has 27 heavy (non-hydrogen) atoms. The fourth-order valence-corrected chi connectivity index (χ4v) is 2.40. The number of carbonyl (C=O) groups is 2. The largest absolute Gasteiger partial charge is 0.497 e. The number of ether oxygens (including phenoxy) is 3. The average Bonchev–Trinajstić information content (AvgIpc) is 2.67. The standard InChI is InChI=1S/C21H25NO5/c1-13(2)15-6-8-17(9-7-15)22-20(23)14(3)27-21(24)16-10-18(25-4)12-19(11-16)26-5/h6-14H,1-5H3,(H,22,23)/t14-/m1/s1. The van der Waals surface area contributed by atoms with E-state index in [4.69, 9.17) is 14.2 Å². The first kappa shape index (κ1) is 20.3. The lowest BCUT2D eigenvalue weighted by Gasteiger charge is -2.15. The molecule has 0 aliphatic rings. The molecule has 0 heterocycles. The summed E-state index contributed by atoms with van der Waals surface area (Å²) in [5.41, 5.74) is 2.07. The van der Waals surface area contributed by atoms with Crippen LogP contribution in [0.25, 0.3) is 0 Å². The molecule has 0 unspecified atom stereocenters. The Morgan fingerprint density at radius 2 is 1.44 bits per heavy atom. The average molecular weight is 371 g/mol. The highest BCUT2D eigenvalue weighted by atomic mass is 16.5. The van der Waals surface area contributed by atoms with Gasteiger partial charge in [0, 0.05) is 11.8 Å². The number of methoxy groups -OCH3 is 2. The van der Waals surface area contributed by atoms with Crippen LogP contribution in [-0.2, 0) is 9.53 Å². The molecule has 0 saturated carbocycles. The molecule has 1 amide bonds. The summed E-state index contributed by atoms with van der Waals surface area (Å²) in [4.78, 5) is 24.7. The predicted octanol–water partition coefficient (Wildman–Crippen LogP) is 4.01. The second-order valence-corrected chi connectivity index (χ2v) is 6.41. The molecule has 0 bridgehead atoms. The molecule has 144 valence electrons. The van der Waals surface area contributed by atoms with Crippen molar-refractivity contribution in [2.75, 3.05) is 19.5 Å². The molecule has 2 rings (SSSR count). The van der Waals surface area contributed by atoms with Crippen LogP contribution < -0.4 is 14.8 Å². The summed E-state index contributed by atoms with van der Waals surface area (Å²) < 4.78 is 15.5. The van der Waals surface area contributed by atoms with Crippen LogP contribution in [0.5, 0.6) is 11.5 Å². The Morgan fingerprint density at radius 3 is 1.93 bits per heavy atom. The second kappa shape index (κ2) is 9.07. The van der Waals surface area contributed by atoms with E-state index in [0.29, 0.717) is 23.1 Å². The number of nitrogens with one attached hydrogen (secondary N) is 1.